The minimum absolute atomic E-state index is 0.00451. The van der Waals surface area contributed by atoms with Gasteiger partial charge in [-0.05, 0) is 45.5 Å². The Hall–Kier alpha value is -1.97. The van der Waals surface area contributed by atoms with Crippen molar-refractivity contribution < 1.29 is 9.72 Å². The summed E-state index contributed by atoms with van der Waals surface area (Å²) in [7, 11) is 0. The van der Waals surface area contributed by atoms with Gasteiger partial charge in [0.1, 0.15) is 11.0 Å². The summed E-state index contributed by atoms with van der Waals surface area (Å²) in [6.07, 6.45) is 0. The van der Waals surface area contributed by atoms with Crippen molar-refractivity contribution in [2.45, 2.75) is 20.0 Å². The van der Waals surface area contributed by atoms with E-state index < -0.39 is 4.92 Å². The third-order valence-electron chi connectivity index (χ3n) is 4.62. The molecule has 3 rings (SSSR count). The molecule has 0 bridgehead atoms. The smallest absolute Gasteiger partial charge is 0.358 e. The van der Waals surface area contributed by atoms with Gasteiger partial charge in [0, 0.05) is 37.7 Å². The summed E-state index contributed by atoms with van der Waals surface area (Å²) in [5, 5.41) is 15.6. The van der Waals surface area contributed by atoms with Crippen molar-refractivity contribution in [2.75, 3.05) is 26.2 Å². The Labute approximate surface area is 170 Å². The summed E-state index contributed by atoms with van der Waals surface area (Å²) in [5.41, 5.74) is 1.75. The molecule has 0 atom stereocenters. The second-order valence-corrected chi connectivity index (χ2v) is 7.65. The predicted octanol–water partition coefficient (Wildman–Crippen LogP) is 2.86. The number of benzene rings is 1. The van der Waals surface area contributed by atoms with Gasteiger partial charge in [-0.15, -0.1) is 0 Å². The second-order valence-electron chi connectivity index (χ2n) is 6.42. The Kier molecular flexibility index (Phi) is 6.13. The summed E-state index contributed by atoms with van der Waals surface area (Å²) in [6, 6.07) is 7.76. The molecule has 10 heteroatoms. The number of carbonyl (C=O) groups is 1. The van der Waals surface area contributed by atoms with E-state index in [1.807, 2.05) is 24.3 Å². The average Bonchev–Trinajstić information content (AvgIpc) is 2.93. The molecule has 0 saturated carbocycles. The van der Waals surface area contributed by atoms with Gasteiger partial charge in [-0.25, -0.2) is 0 Å². The number of hydrogen-bond donors (Lipinski definition) is 0. The highest BCUT2D eigenvalue weighted by Gasteiger charge is 2.27. The van der Waals surface area contributed by atoms with Crippen LogP contribution in [0.25, 0.3) is 0 Å². The van der Waals surface area contributed by atoms with Crippen LogP contribution in [0.3, 0.4) is 0 Å². The highest BCUT2D eigenvalue weighted by atomic mass is 79.9. The molecule has 144 valence electrons. The highest BCUT2D eigenvalue weighted by Crippen LogP contribution is 2.27. The van der Waals surface area contributed by atoms with E-state index in [0.29, 0.717) is 23.3 Å². The summed E-state index contributed by atoms with van der Waals surface area (Å²) >= 11 is 9.08. The summed E-state index contributed by atoms with van der Waals surface area (Å²) in [4.78, 5) is 27.0. The van der Waals surface area contributed by atoms with Gasteiger partial charge in [0.2, 0.25) is 5.91 Å². The normalized spacial score (nSPS) is 15.1. The maximum Gasteiger partial charge on any atom is 0.404 e. The first-order valence-corrected chi connectivity index (χ1v) is 9.64. The largest absolute Gasteiger partial charge is 0.404 e. The quantitative estimate of drug-likeness (QED) is 0.510. The zero-order valence-electron chi connectivity index (χ0n) is 14.8. The second kappa shape index (κ2) is 8.37. The van der Waals surface area contributed by atoms with E-state index in [-0.39, 0.29) is 18.3 Å². The van der Waals surface area contributed by atoms with Gasteiger partial charge < -0.3 is 15.0 Å². The SMILES string of the molecule is Cc1c(Br)c([N+](=O)[O-])nn1CC(=O)N1CCN(Cc2ccc(Cl)cc2)CC1. The molecule has 0 radical (unpaired) electrons. The summed E-state index contributed by atoms with van der Waals surface area (Å²) in [5.74, 6) is -0.359. The number of nitrogens with zero attached hydrogens (tertiary/aromatic N) is 5. The first-order chi connectivity index (χ1) is 12.8. The fourth-order valence-corrected chi connectivity index (χ4v) is 3.57. The average molecular weight is 457 g/mol. The van der Waals surface area contributed by atoms with Crippen molar-refractivity contribution in [3.8, 4) is 0 Å². The van der Waals surface area contributed by atoms with Crippen LogP contribution in [0, 0.1) is 17.0 Å². The van der Waals surface area contributed by atoms with Gasteiger partial charge in [0.15, 0.2) is 0 Å². The molecule has 1 aliphatic heterocycles. The van der Waals surface area contributed by atoms with Gasteiger partial charge >= 0.3 is 5.82 Å². The topological polar surface area (TPSA) is 84.5 Å². The monoisotopic (exact) mass is 455 g/mol. The van der Waals surface area contributed by atoms with Crippen molar-refractivity contribution in [3.63, 3.8) is 0 Å². The van der Waals surface area contributed by atoms with Crippen molar-refractivity contribution in [1.29, 1.82) is 0 Å². The van der Waals surface area contributed by atoms with E-state index in [4.69, 9.17) is 11.6 Å². The molecule has 1 aromatic heterocycles. The van der Waals surface area contributed by atoms with E-state index in [1.165, 1.54) is 10.2 Å². The molecule has 1 fully saturated rings. The molecule has 1 aromatic carbocycles. The van der Waals surface area contributed by atoms with Gasteiger partial charge in [-0.2, -0.15) is 4.68 Å². The summed E-state index contributed by atoms with van der Waals surface area (Å²) < 4.78 is 1.69. The molecule has 0 N–H and O–H groups in total. The first-order valence-electron chi connectivity index (χ1n) is 8.47. The Morgan fingerprint density at radius 2 is 1.89 bits per heavy atom. The Bertz CT molecular complexity index is 847. The molecule has 1 aliphatic rings. The van der Waals surface area contributed by atoms with Crippen LogP contribution in [-0.4, -0.2) is 56.6 Å². The van der Waals surface area contributed by atoms with Gasteiger partial charge in [0.05, 0.1) is 10.8 Å². The maximum absolute atomic E-state index is 12.6. The van der Waals surface area contributed by atoms with E-state index in [2.05, 4.69) is 25.9 Å². The van der Waals surface area contributed by atoms with Crippen LogP contribution in [0.2, 0.25) is 5.02 Å². The van der Waals surface area contributed by atoms with Crippen molar-refractivity contribution in [3.05, 3.63) is 55.1 Å². The molecule has 1 saturated heterocycles. The van der Waals surface area contributed by atoms with E-state index >= 15 is 0 Å². The molecule has 0 aliphatic carbocycles. The zero-order valence-corrected chi connectivity index (χ0v) is 17.1. The lowest BCUT2D eigenvalue weighted by Crippen LogP contribution is -2.49. The molecule has 8 nitrogen and oxygen atoms in total. The molecule has 0 unspecified atom stereocenters. The minimum Gasteiger partial charge on any atom is -0.358 e. The van der Waals surface area contributed by atoms with Gasteiger partial charge in [0.25, 0.3) is 0 Å². The summed E-state index contributed by atoms with van der Waals surface area (Å²) in [6.45, 7) is 5.30. The number of nitro groups is 1. The fourth-order valence-electron chi connectivity index (χ4n) is 3.01. The predicted molar refractivity (Wildman–Crippen MR) is 105 cm³/mol. The van der Waals surface area contributed by atoms with Crippen LogP contribution >= 0.6 is 27.5 Å². The number of carbonyl (C=O) groups excluding carboxylic acids is 1. The van der Waals surface area contributed by atoms with Crippen LogP contribution in [0.1, 0.15) is 11.3 Å². The van der Waals surface area contributed by atoms with Gasteiger partial charge in [-0.1, -0.05) is 23.7 Å². The van der Waals surface area contributed by atoms with Gasteiger partial charge in [-0.3, -0.25) is 9.69 Å². The van der Waals surface area contributed by atoms with Crippen molar-refractivity contribution in [2.24, 2.45) is 0 Å². The molecular weight excluding hydrogens is 438 g/mol. The Balaban J connectivity index is 1.55. The number of amides is 1. The van der Waals surface area contributed by atoms with E-state index in [0.717, 1.165) is 24.7 Å². The third kappa shape index (κ3) is 4.66. The number of piperazine rings is 1. The molecule has 1 amide bonds. The number of rotatable bonds is 5. The van der Waals surface area contributed by atoms with Crippen molar-refractivity contribution >= 4 is 39.3 Å². The van der Waals surface area contributed by atoms with Crippen LogP contribution in [0.15, 0.2) is 28.7 Å². The third-order valence-corrected chi connectivity index (χ3v) is 5.80. The highest BCUT2D eigenvalue weighted by molar-refractivity contribution is 9.10. The van der Waals surface area contributed by atoms with Crippen LogP contribution in [0.5, 0.6) is 0 Å². The molecular formula is C17H19BrClN5O3. The molecule has 27 heavy (non-hydrogen) atoms. The Morgan fingerprint density at radius 1 is 1.26 bits per heavy atom. The van der Waals surface area contributed by atoms with Crippen LogP contribution in [0.4, 0.5) is 5.82 Å². The number of aromatic nitrogens is 2. The lowest BCUT2D eigenvalue weighted by molar-refractivity contribution is -0.390. The lowest BCUT2D eigenvalue weighted by atomic mass is 10.2. The van der Waals surface area contributed by atoms with Crippen molar-refractivity contribution in [1.82, 2.24) is 19.6 Å². The number of halogens is 2. The standard InChI is InChI=1S/C17H19BrClN5O3/c1-12-16(18)17(24(26)27)20-23(12)11-15(25)22-8-6-21(7-9-22)10-13-2-4-14(19)5-3-13/h2-5H,6-11H2,1H3. The first kappa shape index (κ1) is 19.8. The van der Waals surface area contributed by atoms with Crippen LogP contribution in [-0.2, 0) is 17.9 Å². The fraction of sp³-hybridized carbons (Fsp3) is 0.412. The zero-order chi connectivity index (χ0) is 19.6. The lowest BCUT2D eigenvalue weighted by Gasteiger charge is -2.34. The molecule has 0 spiro atoms. The van der Waals surface area contributed by atoms with E-state index in [1.54, 1.807) is 11.8 Å². The van der Waals surface area contributed by atoms with E-state index in [9.17, 15) is 14.9 Å². The Morgan fingerprint density at radius 3 is 2.44 bits per heavy atom. The molecule has 2 aromatic rings. The number of hydrogen-bond acceptors (Lipinski definition) is 5. The van der Waals surface area contributed by atoms with Crippen LogP contribution < -0.4 is 0 Å². The minimum atomic E-state index is -0.562. The maximum atomic E-state index is 12.6. The molecule has 2 heterocycles.